The number of carbonyl (C=O) groups is 1. The van der Waals surface area contributed by atoms with Gasteiger partial charge in [-0.3, -0.25) is 4.79 Å². The lowest BCUT2D eigenvalue weighted by molar-refractivity contribution is 0.101. The molecule has 1 saturated carbocycles. The molecule has 2 heterocycles. The van der Waals surface area contributed by atoms with Crippen molar-refractivity contribution in [2.75, 3.05) is 24.3 Å². The van der Waals surface area contributed by atoms with Gasteiger partial charge in [-0.1, -0.05) is 12.1 Å². The van der Waals surface area contributed by atoms with Crippen LogP contribution >= 0.6 is 0 Å². The van der Waals surface area contributed by atoms with Crippen LogP contribution < -0.4 is 15.5 Å². The van der Waals surface area contributed by atoms with E-state index in [1.165, 1.54) is 0 Å². The number of nitrogens with zero attached hydrogens (tertiary/aromatic N) is 3. The largest absolute Gasteiger partial charge is 0.362 e. The van der Waals surface area contributed by atoms with Gasteiger partial charge in [-0.2, -0.15) is 4.98 Å². The molecule has 170 valence electrons. The molecule has 1 fully saturated rings. The number of Topliss-reactive ketones (excluding diaryl/α,β-unsaturated/α-hetero) is 1. The zero-order valence-electron chi connectivity index (χ0n) is 19.7. The molecule has 32 heavy (non-hydrogen) atoms. The van der Waals surface area contributed by atoms with E-state index in [1.54, 1.807) is 6.92 Å². The summed E-state index contributed by atoms with van der Waals surface area (Å²) in [5.41, 5.74) is 4.96. The summed E-state index contributed by atoms with van der Waals surface area (Å²) in [5.74, 6) is 1.77. The van der Waals surface area contributed by atoms with Crippen molar-refractivity contribution in [3.05, 3.63) is 46.8 Å². The van der Waals surface area contributed by atoms with E-state index in [0.717, 1.165) is 71.5 Å². The molecule has 0 atom stereocenters. The van der Waals surface area contributed by atoms with Crippen LogP contribution in [0.15, 0.2) is 24.3 Å². The fraction of sp³-hybridized carbons (Fsp3) is 0.480. The van der Waals surface area contributed by atoms with Crippen molar-refractivity contribution in [3.8, 4) is 0 Å². The van der Waals surface area contributed by atoms with Crippen molar-refractivity contribution in [1.82, 2.24) is 20.3 Å². The van der Waals surface area contributed by atoms with Crippen LogP contribution in [0.25, 0.3) is 10.9 Å². The van der Waals surface area contributed by atoms with Gasteiger partial charge in [0.2, 0.25) is 5.95 Å². The van der Waals surface area contributed by atoms with E-state index in [1.807, 2.05) is 51.0 Å². The first-order valence-corrected chi connectivity index (χ1v) is 11.5. The minimum atomic E-state index is 0.127. The Morgan fingerprint density at radius 3 is 2.44 bits per heavy atom. The van der Waals surface area contributed by atoms with Crippen LogP contribution in [-0.2, 0) is 6.54 Å². The molecule has 0 saturated heterocycles. The number of anilines is 2. The number of fused-ring (bicyclic) bond motifs is 1. The number of aromatic amines is 1. The second-order valence-corrected chi connectivity index (χ2v) is 9.14. The highest BCUT2D eigenvalue weighted by Crippen LogP contribution is 2.27. The SMILES string of the molecule is CC(=O)c1c(C)[nH]c(CN[C@H]2CC[C@@H](Nc3nc(N(C)C)c4ccccc4n3)CC2)c1C. The van der Waals surface area contributed by atoms with Crippen LogP contribution in [0.4, 0.5) is 11.8 Å². The van der Waals surface area contributed by atoms with Crippen molar-refractivity contribution >= 4 is 28.5 Å². The summed E-state index contributed by atoms with van der Waals surface area (Å²) < 4.78 is 0. The molecule has 1 aliphatic rings. The van der Waals surface area contributed by atoms with Crippen LogP contribution in [0.5, 0.6) is 0 Å². The predicted octanol–water partition coefficient (Wildman–Crippen LogP) is 4.36. The molecule has 7 heteroatoms. The molecule has 4 rings (SSSR count). The highest BCUT2D eigenvalue weighted by Gasteiger charge is 2.23. The zero-order valence-corrected chi connectivity index (χ0v) is 19.7. The van der Waals surface area contributed by atoms with Crippen molar-refractivity contribution in [2.45, 2.75) is 65.1 Å². The van der Waals surface area contributed by atoms with Crippen LogP contribution in [0.1, 0.15) is 59.9 Å². The minimum Gasteiger partial charge on any atom is -0.362 e. The molecule has 2 aromatic heterocycles. The number of hydrogen-bond acceptors (Lipinski definition) is 6. The van der Waals surface area contributed by atoms with Gasteiger partial charge in [0.15, 0.2) is 5.78 Å². The standard InChI is InChI=1S/C25H34N6O/c1-15-22(27-16(2)23(15)17(3)32)14-26-18-10-12-19(13-11-18)28-25-29-21-9-7-6-8-20(21)24(30-25)31(4)5/h6-9,18-19,26-27H,10-14H2,1-5H3,(H,28,29,30)/t18-,19+. The van der Waals surface area contributed by atoms with Gasteiger partial charge < -0.3 is 20.5 Å². The topological polar surface area (TPSA) is 85.9 Å². The second-order valence-electron chi connectivity index (χ2n) is 9.14. The fourth-order valence-electron chi connectivity index (χ4n) is 4.86. The Balaban J connectivity index is 1.35. The molecule has 3 N–H and O–H groups in total. The molecule has 1 aromatic carbocycles. The van der Waals surface area contributed by atoms with Gasteiger partial charge in [0.25, 0.3) is 0 Å². The van der Waals surface area contributed by atoms with Gasteiger partial charge in [-0.15, -0.1) is 0 Å². The molecule has 3 aromatic rings. The molecule has 0 radical (unpaired) electrons. The molecule has 1 aliphatic carbocycles. The van der Waals surface area contributed by atoms with Gasteiger partial charge in [-0.25, -0.2) is 4.98 Å². The molecule has 0 spiro atoms. The van der Waals surface area contributed by atoms with E-state index in [9.17, 15) is 4.79 Å². The van der Waals surface area contributed by atoms with E-state index in [0.29, 0.717) is 18.0 Å². The van der Waals surface area contributed by atoms with Crippen LogP contribution in [-0.4, -0.2) is 46.9 Å². The molecule has 0 unspecified atom stereocenters. The summed E-state index contributed by atoms with van der Waals surface area (Å²) in [6, 6.07) is 9.00. The maximum atomic E-state index is 11.9. The average molecular weight is 435 g/mol. The van der Waals surface area contributed by atoms with Gasteiger partial charge in [0, 0.05) is 55.1 Å². The molecular formula is C25H34N6O. The lowest BCUT2D eigenvalue weighted by atomic mass is 9.91. The number of ketones is 1. The van der Waals surface area contributed by atoms with Crippen LogP contribution in [0.3, 0.4) is 0 Å². The van der Waals surface area contributed by atoms with Crippen molar-refractivity contribution < 1.29 is 4.79 Å². The monoisotopic (exact) mass is 434 g/mol. The minimum absolute atomic E-state index is 0.127. The van der Waals surface area contributed by atoms with E-state index in [-0.39, 0.29) is 5.78 Å². The van der Waals surface area contributed by atoms with Gasteiger partial charge in [-0.05, 0) is 64.2 Å². The van der Waals surface area contributed by atoms with Gasteiger partial charge in [0.05, 0.1) is 5.52 Å². The summed E-state index contributed by atoms with van der Waals surface area (Å²) in [7, 11) is 4.03. The fourth-order valence-corrected chi connectivity index (χ4v) is 4.86. The Morgan fingerprint density at radius 1 is 1.09 bits per heavy atom. The quantitative estimate of drug-likeness (QED) is 0.479. The zero-order chi connectivity index (χ0) is 22.8. The van der Waals surface area contributed by atoms with Crippen LogP contribution in [0.2, 0.25) is 0 Å². The second kappa shape index (κ2) is 9.28. The van der Waals surface area contributed by atoms with Crippen molar-refractivity contribution in [3.63, 3.8) is 0 Å². The van der Waals surface area contributed by atoms with Crippen LogP contribution in [0, 0.1) is 13.8 Å². The molecule has 0 amide bonds. The maximum Gasteiger partial charge on any atom is 0.225 e. The third kappa shape index (κ3) is 4.63. The lowest BCUT2D eigenvalue weighted by Gasteiger charge is -2.30. The number of aromatic nitrogens is 3. The van der Waals surface area contributed by atoms with E-state index in [2.05, 4.69) is 21.7 Å². The Bertz CT molecular complexity index is 1110. The van der Waals surface area contributed by atoms with Crippen molar-refractivity contribution in [1.29, 1.82) is 0 Å². The Labute approximate surface area is 190 Å². The number of rotatable bonds is 7. The predicted molar refractivity (Wildman–Crippen MR) is 131 cm³/mol. The number of aryl methyl sites for hydroxylation is 1. The molecular weight excluding hydrogens is 400 g/mol. The molecule has 0 aliphatic heterocycles. The third-order valence-electron chi connectivity index (χ3n) is 6.53. The highest BCUT2D eigenvalue weighted by atomic mass is 16.1. The molecule has 0 bridgehead atoms. The Hall–Kier alpha value is -2.93. The average Bonchev–Trinajstić information content (AvgIpc) is 3.05. The van der Waals surface area contributed by atoms with Gasteiger partial charge >= 0.3 is 0 Å². The third-order valence-corrected chi connectivity index (χ3v) is 6.53. The van der Waals surface area contributed by atoms with Gasteiger partial charge in [0.1, 0.15) is 5.82 Å². The first-order valence-electron chi connectivity index (χ1n) is 11.5. The summed E-state index contributed by atoms with van der Waals surface area (Å²) in [6.07, 6.45) is 4.35. The lowest BCUT2D eigenvalue weighted by Crippen LogP contribution is -2.37. The number of hydrogen-bond donors (Lipinski definition) is 3. The van der Waals surface area contributed by atoms with E-state index < -0.39 is 0 Å². The normalized spacial score (nSPS) is 18.7. The summed E-state index contributed by atoms with van der Waals surface area (Å²) in [4.78, 5) is 26.8. The number of H-pyrrole nitrogens is 1. The number of carbonyl (C=O) groups excluding carboxylic acids is 1. The Kier molecular flexibility index (Phi) is 6.46. The number of benzene rings is 1. The maximum absolute atomic E-state index is 11.9. The number of para-hydroxylation sites is 1. The highest BCUT2D eigenvalue weighted by molar-refractivity contribution is 5.97. The first-order chi connectivity index (χ1) is 15.3. The summed E-state index contributed by atoms with van der Waals surface area (Å²) >= 11 is 0. The number of nitrogens with one attached hydrogen (secondary N) is 3. The van der Waals surface area contributed by atoms with E-state index in [4.69, 9.17) is 9.97 Å². The molecule has 7 nitrogen and oxygen atoms in total. The smallest absolute Gasteiger partial charge is 0.225 e. The summed E-state index contributed by atoms with van der Waals surface area (Å²) in [6.45, 7) is 6.41. The summed E-state index contributed by atoms with van der Waals surface area (Å²) in [5, 5.41) is 8.33. The first kappa shape index (κ1) is 22.3. The van der Waals surface area contributed by atoms with Crippen molar-refractivity contribution in [2.24, 2.45) is 0 Å². The van der Waals surface area contributed by atoms with E-state index >= 15 is 0 Å². The Morgan fingerprint density at radius 2 is 1.78 bits per heavy atom.